The molecule has 4 rings (SSSR count). The highest BCUT2D eigenvalue weighted by Crippen LogP contribution is 2.39. The summed E-state index contributed by atoms with van der Waals surface area (Å²) in [6.07, 6.45) is 3.01. The van der Waals surface area contributed by atoms with Crippen LogP contribution in [0.25, 0.3) is 10.4 Å². The first-order valence-electron chi connectivity index (χ1n) is 10.6. The number of thiazole rings is 1. The molecule has 0 bridgehead atoms. The average molecular weight is 502 g/mol. The number of hydrogen-bond acceptors (Lipinski definition) is 6. The molecule has 0 fully saturated rings. The molecule has 2 aromatic carbocycles. The van der Waals surface area contributed by atoms with Crippen molar-refractivity contribution in [2.45, 2.75) is 32.3 Å². The van der Waals surface area contributed by atoms with Crippen LogP contribution in [0.5, 0.6) is 5.75 Å². The lowest BCUT2D eigenvalue weighted by molar-refractivity contribution is 0.294. The summed E-state index contributed by atoms with van der Waals surface area (Å²) in [5.74, 6) is 0.123. The van der Waals surface area contributed by atoms with E-state index >= 15 is 0 Å². The summed E-state index contributed by atoms with van der Waals surface area (Å²) in [5.41, 5.74) is 3.94. The van der Waals surface area contributed by atoms with E-state index in [2.05, 4.69) is 24.6 Å². The van der Waals surface area contributed by atoms with Gasteiger partial charge in [0.2, 0.25) is 5.88 Å². The van der Waals surface area contributed by atoms with Crippen LogP contribution in [-0.4, -0.2) is 37.4 Å². The van der Waals surface area contributed by atoms with Crippen LogP contribution in [0.2, 0.25) is 25.7 Å². The highest BCUT2D eigenvalue weighted by Gasteiger charge is 2.39. The molecule has 1 aliphatic rings. The Bertz CT molecular complexity index is 1240. The topological polar surface area (TPSA) is 83.0 Å². The van der Waals surface area contributed by atoms with Gasteiger partial charge in [0.05, 0.1) is 16.6 Å². The Balaban J connectivity index is 1.68. The zero-order chi connectivity index (χ0) is 23.6. The summed E-state index contributed by atoms with van der Waals surface area (Å²) in [4.78, 5) is 5.08. The predicted octanol–water partition coefficient (Wildman–Crippen LogP) is 5.45. The van der Waals surface area contributed by atoms with E-state index in [0.29, 0.717) is 11.4 Å². The molecule has 2 heterocycles. The highest BCUT2D eigenvalue weighted by atomic mass is 32.2. The summed E-state index contributed by atoms with van der Waals surface area (Å²) in [5, 5.41) is 10.5. The number of anilines is 1. The van der Waals surface area contributed by atoms with E-state index in [0.717, 1.165) is 30.7 Å². The van der Waals surface area contributed by atoms with Gasteiger partial charge in [0.15, 0.2) is 0 Å². The van der Waals surface area contributed by atoms with Crippen LogP contribution in [0.1, 0.15) is 5.56 Å². The minimum atomic E-state index is -3.97. The van der Waals surface area contributed by atoms with Crippen molar-refractivity contribution in [1.29, 1.82) is 0 Å². The minimum absolute atomic E-state index is 0.246. The van der Waals surface area contributed by atoms with Crippen molar-refractivity contribution >= 4 is 35.3 Å². The first-order chi connectivity index (χ1) is 15.6. The molecular weight excluding hydrogens is 474 g/mol. The van der Waals surface area contributed by atoms with Crippen LogP contribution in [0.3, 0.4) is 0 Å². The molecule has 0 spiro atoms. The van der Waals surface area contributed by atoms with Gasteiger partial charge < -0.3 is 9.84 Å². The fraction of sp³-hybridized carbons (Fsp3) is 0.261. The molecule has 1 aliphatic heterocycles. The summed E-state index contributed by atoms with van der Waals surface area (Å²) in [6, 6.07) is 15.8. The summed E-state index contributed by atoms with van der Waals surface area (Å²) >= 11 is 1.49. The van der Waals surface area contributed by atoms with Crippen LogP contribution < -0.4 is 9.04 Å². The lowest BCUT2D eigenvalue weighted by Crippen LogP contribution is -2.37. The molecule has 33 heavy (non-hydrogen) atoms. The van der Waals surface area contributed by atoms with E-state index in [9.17, 15) is 13.5 Å². The van der Waals surface area contributed by atoms with E-state index < -0.39 is 18.3 Å². The van der Waals surface area contributed by atoms with Gasteiger partial charge in [-0.1, -0.05) is 56.0 Å². The fourth-order valence-electron chi connectivity index (χ4n) is 3.38. The molecule has 3 aromatic rings. The lowest BCUT2D eigenvalue weighted by atomic mass is 10.1. The fourth-order valence-corrected chi connectivity index (χ4v) is 6.50. The molecule has 10 heteroatoms. The quantitative estimate of drug-likeness (QED) is 0.415. The monoisotopic (exact) mass is 501 g/mol. The summed E-state index contributed by atoms with van der Waals surface area (Å²) < 4.78 is 35.0. The second-order valence-corrected chi connectivity index (χ2v) is 17.2. The molecule has 1 aromatic heterocycles. The second kappa shape index (κ2) is 9.20. The summed E-state index contributed by atoms with van der Waals surface area (Å²) in [7, 11) is -5.48. The van der Waals surface area contributed by atoms with Crippen LogP contribution in [0, 0.1) is 0 Å². The van der Waals surface area contributed by atoms with Crippen LogP contribution in [0.4, 0.5) is 5.69 Å². The van der Waals surface area contributed by atoms with Crippen molar-refractivity contribution in [3.8, 4) is 16.2 Å². The molecule has 0 unspecified atom stereocenters. The van der Waals surface area contributed by atoms with Crippen molar-refractivity contribution in [2.75, 3.05) is 10.8 Å². The molecular formula is C23H27N3O4S2Si. The van der Waals surface area contributed by atoms with Gasteiger partial charge in [0.25, 0.3) is 0 Å². The molecule has 174 valence electrons. The first-order valence-corrected chi connectivity index (χ1v) is 16.6. The Labute approximate surface area is 199 Å². The number of aliphatic hydroxyl groups excluding tert-OH is 1. The van der Waals surface area contributed by atoms with E-state index in [1.54, 1.807) is 17.8 Å². The summed E-state index contributed by atoms with van der Waals surface area (Å²) in [6.45, 7) is 7.03. The van der Waals surface area contributed by atoms with Crippen molar-refractivity contribution in [3.63, 3.8) is 0 Å². The van der Waals surface area contributed by atoms with Crippen LogP contribution >= 0.6 is 11.3 Å². The third kappa shape index (κ3) is 5.23. The second-order valence-electron chi connectivity index (χ2n) is 9.00. The zero-order valence-electron chi connectivity index (χ0n) is 18.8. The van der Waals surface area contributed by atoms with Gasteiger partial charge in [-0.3, -0.25) is 4.98 Å². The molecule has 1 N–H and O–H groups in total. The van der Waals surface area contributed by atoms with E-state index in [4.69, 9.17) is 4.74 Å². The Morgan fingerprint density at radius 3 is 2.55 bits per heavy atom. The Kier molecular flexibility index (Phi) is 6.51. The standard InChI is InChI=1S/C23H27N3O4S2Si/c1-33(2,3)12-11-25-23(27)15-26(32(25,28)29)20-10-9-19(22-14-24-17-31-22)13-21(20)30-16-18-7-5-4-6-8-18/h4-10,13-15,17,27H,11-12,16H2,1-3H3. The van der Waals surface area contributed by atoms with Gasteiger partial charge in [-0.25, -0.2) is 8.61 Å². The van der Waals surface area contributed by atoms with Gasteiger partial charge >= 0.3 is 10.2 Å². The Morgan fingerprint density at radius 2 is 1.88 bits per heavy atom. The van der Waals surface area contributed by atoms with Gasteiger partial charge in [0, 0.05) is 20.8 Å². The maximum atomic E-state index is 13.4. The van der Waals surface area contributed by atoms with Crippen molar-refractivity contribution in [1.82, 2.24) is 9.29 Å². The van der Waals surface area contributed by atoms with E-state index in [1.165, 1.54) is 17.5 Å². The maximum Gasteiger partial charge on any atom is 0.332 e. The third-order valence-electron chi connectivity index (χ3n) is 5.23. The normalized spacial score (nSPS) is 15.5. The highest BCUT2D eigenvalue weighted by molar-refractivity contribution is 7.91. The largest absolute Gasteiger partial charge is 0.493 e. The smallest absolute Gasteiger partial charge is 0.332 e. The van der Waals surface area contributed by atoms with Gasteiger partial charge in [-0.05, 0) is 29.3 Å². The number of rotatable bonds is 8. The number of aliphatic hydroxyl groups is 1. The molecule has 0 saturated heterocycles. The van der Waals surface area contributed by atoms with Gasteiger partial charge in [-0.2, -0.15) is 8.42 Å². The maximum absolute atomic E-state index is 13.4. The predicted molar refractivity (Wildman–Crippen MR) is 135 cm³/mol. The minimum Gasteiger partial charge on any atom is -0.493 e. The molecule has 7 nitrogen and oxygen atoms in total. The van der Waals surface area contributed by atoms with Crippen molar-refractivity contribution in [3.05, 3.63) is 77.9 Å². The number of benzene rings is 2. The van der Waals surface area contributed by atoms with E-state index in [-0.39, 0.29) is 19.0 Å². The number of aromatic nitrogens is 1. The SMILES string of the molecule is C[Si](C)(C)CCN1C(O)=CN(c2ccc(-c3cncs3)cc2OCc2ccccc2)S1(=O)=O. The Morgan fingerprint density at radius 1 is 1.12 bits per heavy atom. The van der Waals surface area contributed by atoms with Gasteiger partial charge in [-0.15, -0.1) is 11.3 Å². The van der Waals surface area contributed by atoms with Crippen molar-refractivity contribution < 1.29 is 18.3 Å². The van der Waals surface area contributed by atoms with Gasteiger partial charge in [0.1, 0.15) is 18.0 Å². The zero-order valence-corrected chi connectivity index (χ0v) is 21.4. The Hall–Kier alpha value is -2.82. The molecule has 0 amide bonds. The van der Waals surface area contributed by atoms with Crippen LogP contribution in [0.15, 0.2) is 72.3 Å². The molecule has 0 aliphatic carbocycles. The van der Waals surface area contributed by atoms with Crippen molar-refractivity contribution in [2.24, 2.45) is 0 Å². The molecule has 0 saturated carbocycles. The van der Waals surface area contributed by atoms with Crippen LogP contribution in [-0.2, 0) is 16.8 Å². The molecule has 0 radical (unpaired) electrons. The number of ether oxygens (including phenoxy) is 1. The first kappa shape index (κ1) is 23.3. The lowest BCUT2D eigenvalue weighted by Gasteiger charge is -2.25. The number of nitrogens with zero attached hydrogens (tertiary/aromatic N) is 3. The average Bonchev–Trinajstić information content (AvgIpc) is 3.37. The number of hydrogen-bond donors (Lipinski definition) is 1. The molecule has 0 atom stereocenters. The van der Waals surface area contributed by atoms with E-state index in [1.807, 2.05) is 42.5 Å². The third-order valence-corrected chi connectivity index (χ3v) is 9.50.